The molecule has 0 radical (unpaired) electrons. The molecule has 0 fully saturated rings. The van der Waals surface area contributed by atoms with Gasteiger partial charge in [0.1, 0.15) is 0 Å². The number of benzene rings is 5. The van der Waals surface area contributed by atoms with E-state index in [2.05, 4.69) is 134 Å². The molecule has 2 nitrogen and oxygen atoms in total. The van der Waals surface area contributed by atoms with E-state index in [9.17, 15) is 0 Å². The van der Waals surface area contributed by atoms with Crippen molar-refractivity contribution in [3.8, 4) is 11.1 Å². The Kier molecular flexibility index (Phi) is 4.83. The van der Waals surface area contributed by atoms with Crippen LogP contribution in [0.1, 0.15) is 0 Å². The van der Waals surface area contributed by atoms with E-state index in [0.29, 0.717) is 0 Å². The number of hydrogen-bond donors (Lipinski definition) is 0. The molecule has 2 heteroatoms. The maximum Gasteiger partial charge on any atom is 0.0495 e. The average Bonchev–Trinajstić information content (AvgIpc) is 2.82. The molecule has 0 heterocycles. The fourth-order valence-corrected chi connectivity index (χ4v) is 4.49. The lowest BCUT2D eigenvalue weighted by molar-refractivity contribution is 1.13. The molecule has 0 aromatic heterocycles. The quantitative estimate of drug-likeness (QED) is 0.307. The van der Waals surface area contributed by atoms with Crippen LogP contribution in [0.4, 0.5) is 17.1 Å². The fraction of sp³-hybridized carbons (Fsp3) is 0.103. The molecule has 5 rings (SSSR count). The van der Waals surface area contributed by atoms with E-state index in [1.54, 1.807) is 0 Å². The first-order chi connectivity index (χ1) is 15.1. The standard InChI is InChI=1S/C29H26N2/c1-30(2)26-19-17-21-11-7-9-15-24(21)28(26)29-25-16-10-8-12-22(25)18-20-27(29)31(3)23-13-5-4-6-14-23/h4-20H,1-3H3. The highest BCUT2D eigenvalue weighted by Gasteiger charge is 2.20. The Hall–Kier alpha value is -3.78. The lowest BCUT2D eigenvalue weighted by atomic mass is 9.90. The molecule has 0 aliphatic rings. The molecule has 0 saturated heterocycles. The molecule has 0 saturated carbocycles. The Balaban J connectivity index is 1.92. The molecule has 0 atom stereocenters. The summed E-state index contributed by atoms with van der Waals surface area (Å²) in [5.41, 5.74) is 6.13. The van der Waals surface area contributed by atoms with E-state index in [0.717, 1.165) is 0 Å². The molecule has 0 unspecified atom stereocenters. The summed E-state index contributed by atoms with van der Waals surface area (Å²) < 4.78 is 0. The lowest BCUT2D eigenvalue weighted by Crippen LogP contribution is -2.13. The van der Waals surface area contributed by atoms with Gasteiger partial charge in [-0.15, -0.1) is 0 Å². The summed E-state index contributed by atoms with van der Waals surface area (Å²) in [5.74, 6) is 0. The van der Waals surface area contributed by atoms with E-state index in [1.807, 2.05) is 0 Å². The number of anilines is 3. The largest absolute Gasteiger partial charge is 0.377 e. The van der Waals surface area contributed by atoms with E-state index in [-0.39, 0.29) is 0 Å². The molecule has 0 amide bonds. The first-order valence-electron chi connectivity index (χ1n) is 10.6. The van der Waals surface area contributed by atoms with Crippen LogP contribution in [-0.2, 0) is 0 Å². The van der Waals surface area contributed by atoms with Gasteiger partial charge in [-0.25, -0.2) is 0 Å². The first-order valence-corrected chi connectivity index (χ1v) is 10.6. The van der Waals surface area contributed by atoms with Gasteiger partial charge in [-0.05, 0) is 45.8 Å². The van der Waals surface area contributed by atoms with Gasteiger partial charge in [0.05, 0.1) is 0 Å². The molecule has 0 bridgehead atoms. The molecule has 5 aromatic carbocycles. The predicted molar refractivity (Wildman–Crippen MR) is 136 cm³/mol. The summed E-state index contributed by atoms with van der Waals surface area (Å²) in [7, 11) is 6.40. The molecule has 0 spiro atoms. The number of rotatable bonds is 4. The van der Waals surface area contributed by atoms with Crippen molar-refractivity contribution in [3.05, 3.63) is 103 Å². The molecule has 0 N–H and O–H groups in total. The first kappa shape index (κ1) is 19.2. The zero-order valence-corrected chi connectivity index (χ0v) is 18.2. The van der Waals surface area contributed by atoms with Crippen LogP contribution < -0.4 is 9.80 Å². The molecule has 31 heavy (non-hydrogen) atoms. The third kappa shape index (κ3) is 3.30. The van der Waals surface area contributed by atoms with E-state index < -0.39 is 0 Å². The van der Waals surface area contributed by atoms with Gasteiger partial charge in [0.25, 0.3) is 0 Å². The Morgan fingerprint density at radius 3 is 1.52 bits per heavy atom. The van der Waals surface area contributed by atoms with Crippen LogP contribution in [0, 0.1) is 0 Å². The van der Waals surface area contributed by atoms with Crippen molar-refractivity contribution >= 4 is 38.6 Å². The van der Waals surface area contributed by atoms with Crippen LogP contribution in [0.25, 0.3) is 32.7 Å². The van der Waals surface area contributed by atoms with Gasteiger partial charge in [-0.3, -0.25) is 0 Å². The van der Waals surface area contributed by atoms with E-state index >= 15 is 0 Å². The highest BCUT2D eigenvalue weighted by molar-refractivity contribution is 6.14. The average molecular weight is 403 g/mol. The van der Waals surface area contributed by atoms with Crippen molar-refractivity contribution in [3.63, 3.8) is 0 Å². The lowest BCUT2D eigenvalue weighted by Gasteiger charge is -2.27. The third-order valence-corrected chi connectivity index (χ3v) is 6.05. The normalized spacial score (nSPS) is 11.1. The molecule has 152 valence electrons. The number of para-hydroxylation sites is 1. The van der Waals surface area contributed by atoms with Crippen LogP contribution in [0.2, 0.25) is 0 Å². The minimum absolute atomic E-state index is 1.17. The molecule has 0 aliphatic carbocycles. The number of nitrogens with zero attached hydrogens (tertiary/aromatic N) is 2. The van der Waals surface area contributed by atoms with Gasteiger partial charge in [0.15, 0.2) is 0 Å². The van der Waals surface area contributed by atoms with Crippen LogP contribution in [0.15, 0.2) is 103 Å². The molecule has 5 aromatic rings. The summed E-state index contributed by atoms with van der Waals surface area (Å²) in [6, 6.07) is 36.9. The van der Waals surface area contributed by atoms with Gasteiger partial charge in [-0.2, -0.15) is 0 Å². The van der Waals surface area contributed by atoms with Gasteiger partial charge in [0, 0.05) is 49.3 Å². The second-order valence-corrected chi connectivity index (χ2v) is 8.15. The van der Waals surface area contributed by atoms with Gasteiger partial charge >= 0.3 is 0 Å². The van der Waals surface area contributed by atoms with Crippen molar-refractivity contribution in [2.75, 3.05) is 30.9 Å². The fourth-order valence-electron chi connectivity index (χ4n) is 4.49. The minimum Gasteiger partial charge on any atom is -0.377 e. The van der Waals surface area contributed by atoms with Crippen molar-refractivity contribution in [1.82, 2.24) is 0 Å². The molecular weight excluding hydrogens is 376 g/mol. The highest BCUT2D eigenvalue weighted by Crippen LogP contribution is 2.46. The second-order valence-electron chi connectivity index (χ2n) is 8.15. The zero-order valence-electron chi connectivity index (χ0n) is 18.2. The Labute approximate surface area is 184 Å². The van der Waals surface area contributed by atoms with Crippen LogP contribution >= 0.6 is 0 Å². The zero-order chi connectivity index (χ0) is 21.4. The van der Waals surface area contributed by atoms with Crippen molar-refractivity contribution in [2.24, 2.45) is 0 Å². The van der Waals surface area contributed by atoms with Gasteiger partial charge in [-0.1, -0.05) is 78.9 Å². The van der Waals surface area contributed by atoms with Crippen molar-refractivity contribution in [2.45, 2.75) is 0 Å². The summed E-state index contributed by atoms with van der Waals surface area (Å²) >= 11 is 0. The topological polar surface area (TPSA) is 6.48 Å². The van der Waals surface area contributed by atoms with Crippen LogP contribution in [-0.4, -0.2) is 21.1 Å². The van der Waals surface area contributed by atoms with Gasteiger partial charge in [0.2, 0.25) is 0 Å². The smallest absolute Gasteiger partial charge is 0.0495 e. The highest BCUT2D eigenvalue weighted by atomic mass is 15.1. The van der Waals surface area contributed by atoms with E-state index in [1.165, 1.54) is 49.7 Å². The van der Waals surface area contributed by atoms with Crippen molar-refractivity contribution in [1.29, 1.82) is 0 Å². The van der Waals surface area contributed by atoms with Crippen molar-refractivity contribution < 1.29 is 0 Å². The predicted octanol–water partition coefficient (Wildman–Crippen LogP) is 7.49. The summed E-state index contributed by atoms with van der Waals surface area (Å²) in [4.78, 5) is 4.51. The summed E-state index contributed by atoms with van der Waals surface area (Å²) in [5, 5.41) is 5.04. The Bertz CT molecular complexity index is 1370. The second kappa shape index (κ2) is 7.81. The minimum atomic E-state index is 1.17. The third-order valence-electron chi connectivity index (χ3n) is 6.05. The maximum atomic E-state index is 2.29. The maximum absolute atomic E-state index is 2.29. The SMILES string of the molecule is CN(C)c1ccc2ccccc2c1-c1c(N(C)c2ccccc2)ccc2ccccc12. The van der Waals surface area contributed by atoms with Gasteiger partial charge < -0.3 is 9.80 Å². The Morgan fingerprint density at radius 1 is 0.452 bits per heavy atom. The summed E-state index contributed by atoms with van der Waals surface area (Å²) in [6.45, 7) is 0. The molecular formula is C29H26N2. The number of fused-ring (bicyclic) bond motifs is 2. The van der Waals surface area contributed by atoms with E-state index in [4.69, 9.17) is 0 Å². The number of hydrogen-bond acceptors (Lipinski definition) is 2. The Morgan fingerprint density at radius 2 is 0.935 bits per heavy atom. The monoisotopic (exact) mass is 402 g/mol. The van der Waals surface area contributed by atoms with Crippen LogP contribution in [0.3, 0.4) is 0 Å². The van der Waals surface area contributed by atoms with Crippen LogP contribution in [0.5, 0.6) is 0 Å². The summed E-state index contributed by atoms with van der Waals surface area (Å²) in [6.07, 6.45) is 0. The molecule has 0 aliphatic heterocycles.